The molecule has 0 unspecified atom stereocenters. The molecule has 0 N–H and O–H groups in total. The highest BCUT2D eigenvalue weighted by Crippen LogP contribution is 2.28. The molecular weight excluding hydrogens is 298 g/mol. The Morgan fingerprint density at radius 2 is 2.17 bits per heavy atom. The lowest BCUT2D eigenvalue weighted by atomic mass is 10.4. The van der Waals surface area contributed by atoms with Gasteiger partial charge in [-0.05, 0) is 47.4 Å². The first kappa shape index (κ1) is 11.9. The van der Waals surface area contributed by atoms with E-state index >= 15 is 0 Å². The molecular formula is C12H14BrN3O2. The Kier molecular flexibility index (Phi) is 3.22. The second-order valence-corrected chi connectivity index (χ2v) is 5.18. The molecule has 0 spiro atoms. The van der Waals surface area contributed by atoms with Crippen LogP contribution >= 0.6 is 15.9 Å². The fourth-order valence-corrected chi connectivity index (χ4v) is 2.27. The third-order valence-electron chi connectivity index (χ3n) is 3.06. The zero-order chi connectivity index (χ0) is 12.5. The van der Waals surface area contributed by atoms with Gasteiger partial charge >= 0.3 is 0 Å². The molecule has 6 heteroatoms. The lowest BCUT2D eigenvalue weighted by molar-refractivity contribution is 0.241. The van der Waals surface area contributed by atoms with Gasteiger partial charge in [-0.2, -0.15) is 0 Å². The summed E-state index contributed by atoms with van der Waals surface area (Å²) in [5.74, 6) is 1.67. The van der Waals surface area contributed by atoms with Crippen molar-refractivity contribution in [3.05, 3.63) is 22.7 Å². The molecule has 2 heterocycles. The van der Waals surface area contributed by atoms with Crippen LogP contribution in [0.3, 0.4) is 0 Å². The molecule has 0 bridgehead atoms. The molecule has 0 radical (unpaired) electrons. The maximum atomic E-state index is 5.61. The van der Waals surface area contributed by atoms with Crippen molar-refractivity contribution in [1.29, 1.82) is 0 Å². The number of hydrogen-bond acceptors (Lipinski definition) is 5. The molecule has 1 aliphatic rings. The largest absolute Gasteiger partial charge is 0.444 e. The monoisotopic (exact) mass is 311 g/mol. The number of halogens is 1. The van der Waals surface area contributed by atoms with Gasteiger partial charge in [0.2, 0.25) is 5.89 Å². The fourth-order valence-electron chi connectivity index (χ4n) is 1.96. The van der Waals surface area contributed by atoms with Crippen molar-refractivity contribution in [3.63, 3.8) is 0 Å². The zero-order valence-electron chi connectivity index (χ0n) is 10.1. The molecule has 0 aliphatic heterocycles. The van der Waals surface area contributed by atoms with Crippen molar-refractivity contribution in [2.75, 3.05) is 6.54 Å². The number of rotatable bonds is 5. The summed E-state index contributed by atoms with van der Waals surface area (Å²) in [5, 5.41) is 8.08. The minimum atomic E-state index is 0.433. The highest BCUT2D eigenvalue weighted by molar-refractivity contribution is 9.10. The van der Waals surface area contributed by atoms with E-state index in [1.807, 2.05) is 6.07 Å². The SMILES string of the molecule is CCN(Cc1nnc(-c2ccc(Br)o2)o1)C1CC1. The van der Waals surface area contributed by atoms with Crippen LogP contribution in [0.5, 0.6) is 0 Å². The predicted molar refractivity (Wildman–Crippen MR) is 68.8 cm³/mol. The molecule has 0 saturated heterocycles. The predicted octanol–water partition coefficient (Wildman–Crippen LogP) is 3.08. The van der Waals surface area contributed by atoms with Crippen LogP contribution in [0.1, 0.15) is 25.7 Å². The van der Waals surface area contributed by atoms with Crippen molar-refractivity contribution in [2.45, 2.75) is 32.4 Å². The molecule has 2 aromatic heterocycles. The molecule has 96 valence electrons. The van der Waals surface area contributed by atoms with Gasteiger partial charge in [0.15, 0.2) is 10.4 Å². The van der Waals surface area contributed by atoms with Gasteiger partial charge in [0.1, 0.15) is 0 Å². The summed E-state index contributed by atoms with van der Waals surface area (Å²) in [5.41, 5.74) is 0. The Morgan fingerprint density at radius 3 is 2.78 bits per heavy atom. The lowest BCUT2D eigenvalue weighted by Gasteiger charge is -2.16. The van der Waals surface area contributed by atoms with E-state index in [9.17, 15) is 0 Å². The van der Waals surface area contributed by atoms with Gasteiger partial charge in [-0.25, -0.2) is 0 Å². The van der Waals surface area contributed by atoms with Gasteiger partial charge in [-0.15, -0.1) is 10.2 Å². The standard InChI is InChI=1S/C12H14BrN3O2/c1-2-16(8-3-4-8)7-11-14-15-12(18-11)9-5-6-10(13)17-9/h5-6,8H,2-4,7H2,1H3. The first-order valence-electron chi connectivity index (χ1n) is 6.08. The molecule has 18 heavy (non-hydrogen) atoms. The minimum absolute atomic E-state index is 0.433. The van der Waals surface area contributed by atoms with Gasteiger partial charge in [0.25, 0.3) is 5.89 Å². The molecule has 0 amide bonds. The quantitative estimate of drug-likeness (QED) is 0.849. The summed E-state index contributed by atoms with van der Waals surface area (Å²) in [6.45, 7) is 3.88. The van der Waals surface area contributed by atoms with Crippen LogP contribution in [0.2, 0.25) is 0 Å². The number of nitrogens with zero attached hydrogens (tertiary/aromatic N) is 3. The second-order valence-electron chi connectivity index (χ2n) is 4.40. The van der Waals surface area contributed by atoms with E-state index in [0.717, 1.165) is 13.1 Å². The highest BCUT2D eigenvalue weighted by atomic mass is 79.9. The zero-order valence-corrected chi connectivity index (χ0v) is 11.7. The molecule has 1 saturated carbocycles. The van der Waals surface area contributed by atoms with E-state index in [0.29, 0.717) is 28.3 Å². The van der Waals surface area contributed by atoms with Crippen LogP contribution in [-0.4, -0.2) is 27.7 Å². The average Bonchev–Trinajstić information content (AvgIpc) is 2.94. The second kappa shape index (κ2) is 4.85. The van der Waals surface area contributed by atoms with Gasteiger partial charge in [0, 0.05) is 6.04 Å². The average molecular weight is 312 g/mol. The maximum absolute atomic E-state index is 5.61. The van der Waals surface area contributed by atoms with E-state index in [2.05, 4.69) is 38.0 Å². The summed E-state index contributed by atoms with van der Waals surface area (Å²) >= 11 is 3.25. The first-order valence-corrected chi connectivity index (χ1v) is 6.87. The Labute approximate surface area is 113 Å². The normalized spacial score (nSPS) is 15.5. The first-order chi connectivity index (χ1) is 8.76. The summed E-state index contributed by atoms with van der Waals surface area (Å²) in [7, 11) is 0. The topological polar surface area (TPSA) is 55.3 Å². The van der Waals surface area contributed by atoms with Gasteiger partial charge < -0.3 is 8.83 Å². The van der Waals surface area contributed by atoms with Crippen LogP contribution in [0.4, 0.5) is 0 Å². The third-order valence-corrected chi connectivity index (χ3v) is 3.48. The summed E-state index contributed by atoms with van der Waals surface area (Å²) < 4.78 is 11.7. The maximum Gasteiger partial charge on any atom is 0.283 e. The van der Waals surface area contributed by atoms with Crippen molar-refractivity contribution in [3.8, 4) is 11.7 Å². The number of furan rings is 1. The summed E-state index contributed by atoms with van der Waals surface area (Å²) in [6.07, 6.45) is 2.56. The van der Waals surface area contributed by atoms with E-state index in [4.69, 9.17) is 8.83 Å². The fraction of sp³-hybridized carbons (Fsp3) is 0.500. The van der Waals surface area contributed by atoms with Crippen molar-refractivity contribution in [1.82, 2.24) is 15.1 Å². The van der Waals surface area contributed by atoms with Crippen molar-refractivity contribution in [2.24, 2.45) is 0 Å². The molecule has 1 aliphatic carbocycles. The van der Waals surface area contributed by atoms with Crippen LogP contribution in [0, 0.1) is 0 Å². The molecule has 0 aromatic carbocycles. The Morgan fingerprint density at radius 1 is 1.33 bits per heavy atom. The summed E-state index contributed by atoms with van der Waals surface area (Å²) in [6, 6.07) is 4.31. The third kappa shape index (κ3) is 2.49. The molecule has 2 aromatic rings. The molecule has 3 rings (SSSR count). The van der Waals surface area contributed by atoms with Crippen molar-refractivity contribution >= 4 is 15.9 Å². The molecule has 1 fully saturated rings. The Bertz CT molecular complexity index is 533. The van der Waals surface area contributed by atoms with Gasteiger partial charge in [-0.1, -0.05) is 6.92 Å². The van der Waals surface area contributed by atoms with E-state index in [-0.39, 0.29) is 0 Å². The van der Waals surface area contributed by atoms with E-state index in [1.165, 1.54) is 12.8 Å². The molecule has 5 nitrogen and oxygen atoms in total. The van der Waals surface area contributed by atoms with Crippen molar-refractivity contribution < 1.29 is 8.83 Å². The van der Waals surface area contributed by atoms with Crippen LogP contribution in [0.25, 0.3) is 11.7 Å². The molecule has 0 atom stereocenters. The van der Waals surface area contributed by atoms with E-state index < -0.39 is 0 Å². The number of aromatic nitrogens is 2. The smallest absolute Gasteiger partial charge is 0.283 e. The van der Waals surface area contributed by atoms with Crippen LogP contribution < -0.4 is 0 Å². The van der Waals surface area contributed by atoms with Crippen LogP contribution in [0.15, 0.2) is 25.6 Å². The number of hydrogen-bond donors (Lipinski definition) is 0. The highest BCUT2D eigenvalue weighted by Gasteiger charge is 2.29. The van der Waals surface area contributed by atoms with Gasteiger partial charge in [-0.3, -0.25) is 4.90 Å². The van der Waals surface area contributed by atoms with Gasteiger partial charge in [0.05, 0.1) is 6.54 Å². The lowest BCUT2D eigenvalue weighted by Crippen LogP contribution is -2.25. The Hall–Kier alpha value is -1.14. The minimum Gasteiger partial charge on any atom is -0.444 e. The van der Waals surface area contributed by atoms with Crippen LogP contribution in [-0.2, 0) is 6.54 Å². The Balaban J connectivity index is 1.72. The van der Waals surface area contributed by atoms with E-state index in [1.54, 1.807) is 6.07 Å². The summed E-state index contributed by atoms with van der Waals surface area (Å²) in [4.78, 5) is 2.36.